The van der Waals surface area contributed by atoms with E-state index >= 15 is 0 Å². The van der Waals surface area contributed by atoms with Crippen molar-refractivity contribution < 1.29 is 18.3 Å². The van der Waals surface area contributed by atoms with Crippen LogP contribution in [0.5, 0.6) is 5.75 Å². The number of benzene rings is 1. The summed E-state index contributed by atoms with van der Waals surface area (Å²) in [5.41, 5.74) is 2.92. The second kappa shape index (κ2) is 10.3. The van der Waals surface area contributed by atoms with E-state index in [4.69, 9.17) is 14.7 Å². The zero-order valence-electron chi connectivity index (χ0n) is 20.2. The van der Waals surface area contributed by atoms with Gasteiger partial charge in [-0.05, 0) is 24.8 Å². The number of carbonyl (C=O) groups is 1. The van der Waals surface area contributed by atoms with Crippen molar-refractivity contribution in [3.63, 3.8) is 0 Å². The van der Waals surface area contributed by atoms with Crippen LogP contribution >= 0.6 is 11.9 Å². The van der Waals surface area contributed by atoms with Crippen molar-refractivity contribution in [2.75, 3.05) is 43.9 Å². The molecule has 4 heterocycles. The van der Waals surface area contributed by atoms with E-state index in [9.17, 15) is 13.6 Å². The van der Waals surface area contributed by atoms with Crippen molar-refractivity contribution in [2.24, 2.45) is 0 Å². The number of amides is 1. The Morgan fingerprint density at radius 2 is 1.89 bits per heavy atom. The molecule has 1 amide bonds. The van der Waals surface area contributed by atoms with Gasteiger partial charge in [0.05, 0.1) is 23.6 Å². The van der Waals surface area contributed by atoms with Crippen LogP contribution < -0.4 is 9.64 Å². The molecule has 35 heavy (non-hydrogen) atoms. The predicted octanol–water partition coefficient (Wildman–Crippen LogP) is 3.77. The average molecular weight is 504 g/mol. The van der Waals surface area contributed by atoms with Crippen LogP contribution in [0.1, 0.15) is 49.2 Å². The van der Waals surface area contributed by atoms with Gasteiger partial charge in [-0.2, -0.15) is 0 Å². The molecule has 3 aliphatic rings. The molecule has 2 fully saturated rings. The molecule has 2 aromatic rings. The van der Waals surface area contributed by atoms with Gasteiger partial charge < -0.3 is 14.5 Å². The van der Waals surface area contributed by atoms with E-state index in [0.29, 0.717) is 25.4 Å². The van der Waals surface area contributed by atoms with Crippen LogP contribution in [-0.4, -0.2) is 70.2 Å². The van der Waals surface area contributed by atoms with Gasteiger partial charge in [0.2, 0.25) is 5.91 Å². The summed E-state index contributed by atoms with van der Waals surface area (Å²) in [6.45, 7) is 6.19. The highest BCUT2D eigenvalue weighted by Crippen LogP contribution is 2.36. The minimum absolute atomic E-state index is 0.0668. The number of fused-ring (bicyclic) bond motifs is 1. The molecule has 0 saturated carbocycles. The van der Waals surface area contributed by atoms with E-state index in [0.717, 1.165) is 74.4 Å². The SMILES string of the molecule is CSN1CCC(c2nc3c(nc2N2CCC(Oc4ccc(F)cc4F)CC2)CCN(C(C)=O)C3)C1. The molecule has 10 heteroatoms. The van der Waals surface area contributed by atoms with Gasteiger partial charge in [-0.15, -0.1) is 0 Å². The van der Waals surface area contributed by atoms with E-state index in [2.05, 4.69) is 15.5 Å². The van der Waals surface area contributed by atoms with Crippen LogP contribution in [0, 0.1) is 11.6 Å². The number of aromatic nitrogens is 2. The molecule has 1 atom stereocenters. The molecule has 1 aromatic heterocycles. The molecule has 5 rings (SSSR count). The molecule has 2 saturated heterocycles. The first-order valence-electron chi connectivity index (χ1n) is 12.2. The minimum atomic E-state index is -0.672. The van der Waals surface area contributed by atoms with Gasteiger partial charge in [0.25, 0.3) is 0 Å². The average Bonchev–Trinajstić information content (AvgIpc) is 3.34. The summed E-state index contributed by atoms with van der Waals surface area (Å²) in [7, 11) is 0. The zero-order chi connectivity index (χ0) is 24.5. The largest absolute Gasteiger partial charge is 0.487 e. The summed E-state index contributed by atoms with van der Waals surface area (Å²) >= 11 is 1.76. The highest BCUT2D eigenvalue weighted by Gasteiger charge is 2.33. The highest BCUT2D eigenvalue weighted by atomic mass is 32.2. The number of nitrogens with zero attached hydrogens (tertiary/aromatic N) is 5. The van der Waals surface area contributed by atoms with E-state index in [1.807, 2.05) is 4.90 Å². The van der Waals surface area contributed by atoms with Gasteiger partial charge in [-0.25, -0.2) is 18.7 Å². The normalized spacial score (nSPS) is 21.3. The molecule has 188 valence electrons. The lowest BCUT2D eigenvalue weighted by Crippen LogP contribution is -2.41. The predicted molar refractivity (Wildman–Crippen MR) is 131 cm³/mol. The number of piperidine rings is 1. The van der Waals surface area contributed by atoms with Gasteiger partial charge in [0.15, 0.2) is 17.4 Å². The lowest BCUT2D eigenvalue weighted by Gasteiger charge is -2.35. The maximum atomic E-state index is 14.0. The Morgan fingerprint density at radius 3 is 2.57 bits per heavy atom. The molecule has 0 aliphatic carbocycles. The van der Waals surface area contributed by atoms with Crippen molar-refractivity contribution in [1.29, 1.82) is 0 Å². The fourth-order valence-electron chi connectivity index (χ4n) is 5.17. The maximum Gasteiger partial charge on any atom is 0.219 e. The topological polar surface area (TPSA) is 61.8 Å². The standard InChI is InChI=1S/C25H31F2N5O2S/c1-16(33)31-11-8-21-22(15-31)28-24(17-5-12-32(14-17)35-2)25(29-21)30-9-6-19(7-10-30)34-23-4-3-18(26)13-20(23)27/h3-4,13,17,19H,5-12,14-15H2,1-2H3. The Labute approximate surface area is 209 Å². The Kier molecular flexibility index (Phi) is 7.11. The molecular weight excluding hydrogens is 472 g/mol. The summed E-state index contributed by atoms with van der Waals surface area (Å²) in [6.07, 6.45) is 5.13. The smallest absolute Gasteiger partial charge is 0.219 e. The van der Waals surface area contributed by atoms with Crippen LogP contribution in [0.3, 0.4) is 0 Å². The minimum Gasteiger partial charge on any atom is -0.487 e. The number of hydrogen-bond acceptors (Lipinski definition) is 7. The number of hydrogen-bond donors (Lipinski definition) is 0. The fourth-order valence-corrected chi connectivity index (χ4v) is 5.78. The fraction of sp³-hybridized carbons (Fsp3) is 0.560. The second-order valence-corrected chi connectivity index (χ2v) is 10.3. The van der Waals surface area contributed by atoms with Crippen LogP contribution in [0.4, 0.5) is 14.6 Å². The van der Waals surface area contributed by atoms with E-state index in [-0.39, 0.29) is 17.8 Å². The molecule has 3 aliphatic heterocycles. The molecular formula is C25H31F2N5O2S. The van der Waals surface area contributed by atoms with Gasteiger partial charge >= 0.3 is 0 Å². The molecule has 1 unspecified atom stereocenters. The zero-order valence-corrected chi connectivity index (χ0v) is 21.0. The van der Waals surface area contributed by atoms with Crippen molar-refractivity contribution in [3.05, 3.63) is 46.9 Å². The lowest BCUT2D eigenvalue weighted by atomic mass is 10.0. The monoisotopic (exact) mass is 503 g/mol. The highest BCUT2D eigenvalue weighted by molar-refractivity contribution is 7.96. The Balaban J connectivity index is 1.35. The van der Waals surface area contributed by atoms with E-state index in [1.54, 1.807) is 18.9 Å². The lowest BCUT2D eigenvalue weighted by molar-refractivity contribution is -0.129. The first kappa shape index (κ1) is 24.2. The summed E-state index contributed by atoms with van der Waals surface area (Å²) in [6, 6.07) is 3.42. The molecule has 0 radical (unpaired) electrons. The third-order valence-electron chi connectivity index (χ3n) is 7.19. The van der Waals surface area contributed by atoms with Crippen molar-refractivity contribution in [2.45, 2.75) is 51.2 Å². The van der Waals surface area contributed by atoms with Crippen molar-refractivity contribution in [1.82, 2.24) is 19.2 Å². The van der Waals surface area contributed by atoms with Crippen molar-refractivity contribution in [3.8, 4) is 5.75 Å². The third-order valence-corrected chi connectivity index (χ3v) is 8.04. The van der Waals surface area contributed by atoms with E-state index in [1.165, 1.54) is 12.1 Å². The maximum absolute atomic E-state index is 14.0. The number of ether oxygens (including phenoxy) is 1. The van der Waals surface area contributed by atoms with Gasteiger partial charge in [0, 0.05) is 70.9 Å². The summed E-state index contributed by atoms with van der Waals surface area (Å²) in [4.78, 5) is 26.3. The van der Waals surface area contributed by atoms with E-state index < -0.39 is 11.6 Å². The number of anilines is 1. The van der Waals surface area contributed by atoms with Gasteiger partial charge in [-0.3, -0.25) is 9.10 Å². The number of carbonyl (C=O) groups excluding carboxylic acids is 1. The Bertz CT molecular complexity index is 1100. The van der Waals surface area contributed by atoms with Crippen molar-refractivity contribution >= 4 is 23.7 Å². The molecule has 0 bridgehead atoms. The molecule has 7 nitrogen and oxygen atoms in total. The van der Waals surface area contributed by atoms with Crippen LogP contribution in [0.2, 0.25) is 0 Å². The number of rotatable bonds is 5. The third kappa shape index (κ3) is 5.23. The quantitative estimate of drug-likeness (QED) is 0.576. The number of halogens is 2. The van der Waals surface area contributed by atoms with Crippen LogP contribution in [-0.2, 0) is 17.8 Å². The van der Waals surface area contributed by atoms with Crippen LogP contribution in [0.25, 0.3) is 0 Å². The Hall–Kier alpha value is -2.46. The summed E-state index contributed by atoms with van der Waals surface area (Å²) < 4.78 is 35.5. The second-order valence-electron chi connectivity index (χ2n) is 9.45. The first-order valence-corrected chi connectivity index (χ1v) is 13.4. The van der Waals surface area contributed by atoms with Gasteiger partial charge in [-0.1, -0.05) is 11.9 Å². The summed E-state index contributed by atoms with van der Waals surface area (Å²) in [5.74, 6) is 0.120. The molecule has 0 N–H and O–H groups in total. The molecule has 0 spiro atoms. The molecule has 1 aromatic carbocycles. The van der Waals surface area contributed by atoms with Gasteiger partial charge in [0.1, 0.15) is 11.9 Å². The van der Waals surface area contributed by atoms with Crippen LogP contribution in [0.15, 0.2) is 18.2 Å². The Morgan fingerprint density at radius 1 is 1.09 bits per heavy atom. The summed E-state index contributed by atoms with van der Waals surface area (Å²) in [5, 5.41) is 0. The first-order chi connectivity index (χ1) is 16.9.